The molecule has 0 aliphatic heterocycles. The maximum atomic E-state index is 13.8. The zero-order valence-corrected chi connectivity index (χ0v) is 23.9. The van der Waals surface area contributed by atoms with E-state index >= 15 is 0 Å². The van der Waals surface area contributed by atoms with Gasteiger partial charge in [-0.2, -0.15) is 0 Å². The Labute approximate surface area is 241 Å². The van der Waals surface area contributed by atoms with E-state index in [1.165, 1.54) is 30.9 Å². The molecule has 4 rings (SSSR count). The van der Waals surface area contributed by atoms with Crippen molar-refractivity contribution in [3.8, 4) is 0 Å². The Hall–Kier alpha value is -3.41. The molecular weight excluding hydrogens is 630 g/mol. The zero-order chi connectivity index (χ0) is 32.1. The summed E-state index contributed by atoms with van der Waals surface area (Å²) in [5, 5.41) is -0.599. The normalized spacial score (nSPS) is 14.3. The third-order valence-electron chi connectivity index (χ3n) is 7.04. The molecule has 0 atom stereocenters. The standard InChI is InChI=1S/C29H22F9O3PS/c1-19-3-17-26(18-4-19)43(39,40)41-42(2,23-11-5-20(6-12-23)27(30,31)32,24-13-7-21(8-14-24)28(33,34)35)25-15-9-22(10-16-25)29(36,37)38/h3-18H,1-2H3. The van der Waals surface area contributed by atoms with Crippen LogP contribution in [-0.2, 0) is 32.6 Å². The van der Waals surface area contributed by atoms with Crippen LogP contribution in [0, 0.1) is 6.92 Å². The van der Waals surface area contributed by atoms with Crippen molar-refractivity contribution < 1.29 is 51.9 Å². The van der Waals surface area contributed by atoms with Gasteiger partial charge < -0.3 is 0 Å². The first-order chi connectivity index (χ1) is 19.7. The Morgan fingerprint density at radius 3 is 1.05 bits per heavy atom. The van der Waals surface area contributed by atoms with Gasteiger partial charge in [-0.3, -0.25) is 0 Å². The van der Waals surface area contributed by atoms with Crippen molar-refractivity contribution in [1.29, 1.82) is 0 Å². The van der Waals surface area contributed by atoms with E-state index in [1.807, 2.05) is 0 Å². The summed E-state index contributed by atoms with van der Waals surface area (Å²) in [6, 6.07) is 14.6. The van der Waals surface area contributed by atoms with E-state index in [0.29, 0.717) is 42.0 Å². The number of benzene rings is 4. The average Bonchev–Trinajstić information content (AvgIpc) is 2.92. The van der Waals surface area contributed by atoms with Crippen LogP contribution in [0.3, 0.4) is 0 Å². The molecule has 3 nitrogen and oxygen atoms in total. The molecule has 0 fully saturated rings. The topological polar surface area (TPSA) is 43.4 Å². The average molecular weight is 653 g/mol. The van der Waals surface area contributed by atoms with Crippen molar-refractivity contribution in [2.45, 2.75) is 30.3 Å². The van der Waals surface area contributed by atoms with E-state index in [-0.39, 0.29) is 20.8 Å². The van der Waals surface area contributed by atoms with Gasteiger partial charge in [-0.1, -0.05) is 0 Å². The Bertz CT molecular complexity index is 1570. The molecule has 0 aromatic heterocycles. The molecular formula is C29H22F9O3PS. The van der Waals surface area contributed by atoms with Gasteiger partial charge in [-0.25, -0.2) is 0 Å². The molecule has 0 aliphatic carbocycles. The summed E-state index contributed by atoms with van der Waals surface area (Å²) >= 11 is 0. The number of rotatable bonds is 6. The van der Waals surface area contributed by atoms with E-state index in [9.17, 15) is 47.9 Å². The third-order valence-corrected chi connectivity index (χ3v) is 14.8. The van der Waals surface area contributed by atoms with Crippen LogP contribution in [0.5, 0.6) is 0 Å². The summed E-state index contributed by atoms with van der Waals surface area (Å²) in [5.74, 6) is 0. The predicted molar refractivity (Wildman–Crippen MR) is 146 cm³/mol. The van der Waals surface area contributed by atoms with Crippen molar-refractivity contribution in [2.75, 3.05) is 6.66 Å². The minimum absolute atomic E-state index is 0.200. The molecule has 0 bridgehead atoms. The van der Waals surface area contributed by atoms with E-state index in [4.69, 9.17) is 3.97 Å². The molecule has 0 unspecified atom stereocenters. The van der Waals surface area contributed by atoms with Crippen LogP contribution in [0.1, 0.15) is 22.3 Å². The van der Waals surface area contributed by atoms with Crippen LogP contribution in [0.4, 0.5) is 39.5 Å². The second-order valence-electron chi connectivity index (χ2n) is 9.94. The Morgan fingerprint density at radius 1 is 0.512 bits per heavy atom. The quantitative estimate of drug-likeness (QED) is 0.158. The monoisotopic (exact) mass is 652 g/mol. The molecule has 4 aromatic carbocycles. The molecule has 0 N–H and O–H groups in total. The number of hydrogen-bond donors (Lipinski definition) is 0. The molecule has 0 heterocycles. The molecule has 0 amide bonds. The first-order valence-electron chi connectivity index (χ1n) is 12.2. The van der Waals surface area contributed by atoms with Crippen molar-refractivity contribution in [1.82, 2.24) is 0 Å². The van der Waals surface area contributed by atoms with Gasteiger partial charge >= 0.3 is 241 Å². The predicted octanol–water partition coefficient (Wildman–Crippen LogP) is 7.83. The second kappa shape index (κ2) is 10.6. The molecule has 0 spiro atoms. The summed E-state index contributed by atoms with van der Waals surface area (Å²) < 4.78 is 155. The van der Waals surface area contributed by atoms with Crippen molar-refractivity contribution >= 4 is 32.9 Å². The van der Waals surface area contributed by atoms with Crippen LogP contribution in [0.15, 0.2) is 102 Å². The molecule has 14 heteroatoms. The fourth-order valence-electron chi connectivity index (χ4n) is 4.60. The van der Waals surface area contributed by atoms with Crippen LogP contribution < -0.4 is 15.9 Å². The molecule has 0 saturated carbocycles. The molecule has 43 heavy (non-hydrogen) atoms. The summed E-state index contributed by atoms with van der Waals surface area (Å²) in [4.78, 5) is -0.389. The van der Waals surface area contributed by atoms with E-state index < -0.39 is 52.2 Å². The third kappa shape index (κ3) is 6.16. The summed E-state index contributed by atoms with van der Waals surface area (Å²) in [5.41, 5.74) is -2.70. The van der Waals surface area contributed by atoms with E-state index in [0.717, 1.165) is 36.4 Å². The van der Waals surface area contributed by atoms with Gasteiger partial charge in [0, 0.05) is 0 Å². The van der Waals surface area contributed by atoms with Gasteiger partial charge in [-0.15, -0.1) is 0 Å². The first-order valence-corrected chi connectivity index (χ1v) is 16.3. The fourth-order valence-corrected chi connectivity index (χ4v) is 11.9. The van der Waals surface area contributed by atoms with Gasteiger partial charge in [-0.05, 0) is 0 Å². The van der Waals surface area contributed by atoms with Crippen LogP contribution >= 0.6 is 6.83 Å². The van der Waals surface area contributed by atoms with Gasteiger partial charge in [0.25, 0.3) is 0 Å². The van der Waals surface area contributed by atoms with Crippen LogP contribution in [-0.4, -0.2) is 15.1 Å². The van der Waals surface area contributed by atoms with Crippen molar-refractivity contribution in [2.24, 2.45) is 0 Å². The number of halogens is 9. The van der Waals surface area contributed by atoms with Crippen molar-refractivity contribution in [3.63, 3.8) is 0 Å². The SMILES string of the molecule is Cc1ccc(S(=O)(=O)OP(C)(c2ccc(C(F)(F)F)cc2)(c2ccc(C(F)(F)F)cc2)c2ccc(C(F)(F)F)cc2)cc1. The summed E-state index contributed by atoms with van der Waals surface area (Å²) in [6.07, 6.45) is -14.4. The Balaban J connectivity index is 2.12. The van der Waals surface area contributed by atoms with Gasteiger partial charge in [0.15, 0.2) is 0 Å². The number of aryl methyl sites for hydroxylation is 1. The van der Waals surface area contributed by atoms with Gasteiger partial charge in [0.05, 0.1) is 0 Å². The number of alkyl halides is 9. The zero-order valence-electron chi connectivity index (χ0n) is 22.2. The Morgan fingerprint density at radius 2 is 0.791 bits per heavy atom. The van der Waals surface area contributed by atoms with Crippen LogP contribution in [0.2, 0.25) is 0 Å². The van der Waals surface area contributed by atoms with Gasteiger partial charge in [0.2, 0.25) is 0 Å². The molecule has 230 valence electrons. The summed E-state index contributed by atoms with van der Waals surface area (Å²) in [6.45, 7) is -2.36. The van der Waals surface area contributed by atoms with Crippen LogP contribution in [0.25, 0.3) is 0 Å². The Kier molecular flexibility index (Phi) is 8.04. The second-order valence-corrected chi connectivity index (χ2v) is 16.4. The van der Waals surface area contributed by atoms with E-state index in [2.05, 4.69) is 0 Å². The maximum absolute atomic E-state index is 13.8. The number of hydrogen-bond acceptors (Lipinski definition) is 3. The van der Waals surface area contributed by atoms with E-state index in [1.54, 1.807) is 6.92 Å². The van der Waals surface area contributed by atoms with Crippen molar-refractivity contribution in [3.05, 3.63) is 119 Å². The molecule has 0 saturated heterocycles. The fraction of sp³-hybridized carbons (Fsp3) is 0.172. The molecule has 0 radical (unpaired) electrons. The minimum atomic E-state index is -5.23. The molecule has 4 aromatic rings. The molecule has 0 aliphatic rings. The van der Waals surface area contributed by atoms with Gasteiger partial charge in [0.1, 0.15) is 0 Å². The first kappa shape index (κ1) is 32.5. The summed E-state index contributed by atoms with van der Waals surface area (Å²) in [7, 11) is -4.86.